The van der Waals surface area contributed by atoms with Gasteiger partial charge in [-0.15, -0.1) is 0 Å². The third kappa shape index (κ3) is 4.88. The number of hydrogen-bond donors (Lipinski definition) is 1. The van der Waals surface area contributed by atoms with E-state index in [2.05, 4.69) is 9.71 Å². The van der Waals surface area contributed by atoms with Gasteiger partial charge in [0.15, 0.2) is 0 Å². The predicted molar refractivity (Wildman–Crippen MR) is 112 cm³/mol. The fourth-order valence-corrected chi connectivity index (χ4v) is 4.86. The van der Waals surface area contributed by atoms with Crippen molar-refractivity contribution in [1.82, 2.24) is 9.71 Å². The minimum atomic E-state index is -4.44. The zero-order chi connectivity index (χ0) is 22.1. The van der Waals surface area contributed by atoms with Gasteiger partial charge in [-0.3, -0.25) is 0 Å². The first kappa shape index (κ1) is 21.3. The summed E-state index contributed by atoms with van der Waals surface area (Å²) in [7, 11) is -3.76. The first-order valence-electron chi connectivity index (χ1n) is 9.68. The van der Waals surface area contributed by atoms with Crippen LogP contribution in [-0.2, 0) is 16.2 Å². The molecule has 2 aromatic carbocycles. The molecule has 1 aliphatic heterocycles. The van der Waals surface area contributed by atoms with Crippen molar-refractivity contribution in [3.63, 3.8) is 0 Å². The van der Waals surface area contributed by atoms with Crippen molar-refractivity contribution in [2.45, 2.75) is 23.5 Å². The number of rotatable bonds is 5. The molecule has 1 fully saturated rings. The molecule has 3 aromatic rings. The fourth-order valence-electron chi connectivity index (χ4n) is 3.59. The summed E-state index contributed by atoms with van der Waals surface area (Å²) in [5, 5.41) is 0. The van der Waals surface area contributed by atoms with Crippen molar-refractivity contribution in [3.05, 3.63) is 78.5 Å². The number of hydrogen-bond acceptors (Lipinski definition) is 4. The molecule has 1 aliphatic rings. The second kappa shape index (κ2) is 8.32. The van der Waals surface area contributed by atoms with Crippen LogP contribution in [0, 0.1) is 0 Å². The van der Waals surface area contributed by atoms with E-state index < -0.39 is 21.8 Å². The standard InChI is InChI=1S/C22H20F3N3O2S/c23-22(24,25)18-5-3-4-17(14-18)16-7-9-20(10-8-16)31(29,30)27-19-11-13-28(15-19)21-6-1-2-12-26-21/h1-10,12,14,19,27H,11,13,15H2/t19-/m1/s1. The van der Waals surface area contributed by atoms with Gasteiger partial charge in [-0.25, -0.2) is 18.1 Å². The molecule has 1 saturated heterocycles. The van der Waals surface area contributed by atoms with E-state index in [1.807, 2.05) is 23.1 Å². The molecule has 4 rings (SSSR count). The Labute approximate surface area is 178 Å². The van der Waals surface area contributed by atoms with Crippen molar-refractivity contribution in [2.24, 2.45) is 0 Å². The maximum atomic E-state index is 12.9. The lowest BCUT2D eigenvalue weighted by Crippen LogP contribution is -2.37. The van der Waals surface area contributed by atoms with Gasteiger partial charge in [-0.05, 0) is 53.9 Å². The minimum absolute atomic E-state index is 0.0690. The molecule has 5 nitrogen and oxygen atoms in total. The van der Waals surface area contributed by atoms with Gasteiger partial charge in [-0.2, -0.15) is 13.2 Å². The Morgan fingerprint density at radius 3 is 2.42 bits per heavy atom. The van der Waals surface area contributed by atoms with Crippen LogP contribution in [0.4, 0.5) is 19.0 Å². The SMILES string of the molecule is O=S(=O)(N[C@@H]1CCN(c2ccccn2)C1)c1ccc(-c2cccc(C(F)(F)F)c2)cc1. The summed E-state index contributed by atoms with van der Waals surface area (Å²) >= 11 is 0. The maximum Gasteiger partial charge on any atom is 0.416 e. The smallest absolute Gasteiger partial charge is 0.355 e. The summed E-state index contributed by atoms with van der Waals surface area (Å²) in [6.07, 6.45) is -2.09. The second-order valence-electron chi connectivity index (χ2n) is 7.34. The van der Waals surface area contributed by atoms with E-state index in [1.165, 1.54) is 30.3 Å². The average molecular weight is 447 g/mol. The summed E-state index contributed by atoms with van der Waals surface area (Å²) in [4.78, 5) is 6.37. The lowest BCUT2D eigenvalue weighted by molar-refractivity contribution is -0.137. The maximum absolute atomic E-state index is 12.9. The third-order valence-electron chi connectivity index (χ3n) is 5.17. The highest BCUT2D eigenvalue weighted by atomic mass is 32.2. The van der Waals surface area contributed by atoms with Crippen LogP contribution in [-0.4, -0.2) is 32.5 Å². The van der Waals surface area contributed by atoms with Crippen molar-refractivity contribution < 1.29 is 21.6 Å². The molecule has 0 bridgehead atoms. The van der Waals surface area contributed by atoms with Crippen LogP contribution in [0.15, 0.2) is 77.8 Å². The highest BCUT2D eigenvalue weighted by Gasteiger charge is 2.31. The molecular weight excluding hydrogens is 427 g/mol. The number of nitrogens with zero attached hydrogens (tertiary/aromatic N) is 2. The van der Waals surface area contributed by atoms with E-state index in [0.717, 1.165) is 18.0 Å². The summed E-state index contributed by atoms with van der Waals surface area (Å²) in [5.74, 6) is 0.801. The van der Waals surface area contributed by atoms with Gasteiger partial charge in [-0.1, -0.05) is 30.3 Å². The van der Waals surface area contributed by atoms with Crippen molar-refractivity contribution >= 4 is 15.8 Å². The van der Waals surface area contributed by atoms with Gasteiger partial charge >= 0.3 is 6.18 Å². The Kier molecular flexibility index (Phi) is 5.72. The van der Waals surface area contributed by atoms with Gasteiger partial charge in [0.05, 0.1) is 10.5 Å². The van der Waals surface area contributed by atoms with Crippen LogP contribution < -0.4 is 9.62 Å². The monoisotopic (exact) mass is 447 g/mol. The summed E-state index contributed by atoms with van der Waals surface area (Å²) < 4.78 is 67.1. The van der Waals surface area contributed by atoms with E-state index in [4.69, 9.17) is 0 Å². The number of alkyl halides is 3. The number of halogens is 3. The molecule has 162 valence electrons. The first-order valence-corrected chi connectivity index (χ1v) is 11.2. The second-order valence-corrected chi connectivity index (χ2v) is 9.06. The van der Waals surface area contributed by atoms with Crippen LogP contribution in [0.2, 0.25) is 0 Å². The third-order valence-corrected chi connectivity index (χ3v) is 6.71. The largest absolute Gasteiger partial charge is 0.416 e. The Hall–Kier alpha value is -2.91. The Balaban J connectivity index is 1.46. The van der Waals surface area contributed by atoms with E-state index in [-0.39, 0.29) is 10.9 Å². The Bertz CT molecular complexity index is 1150. The highest BCUT2D eigenvalue weighted by Crippen LogP contribution is 2.32. The topological polar surface area (TPSA) is 62.3 Å². The lowest BCUT2D eigenvalue weighted by atomic mass is 10.0. The Morgan fingerprint density at radius 1 is 0.968 bits per heavy atom. The summed E-state index contributed by atoms with van der Waals surface area (Å²) in [6.45, 7) is 1.21. The lowest BCUT2D eigenvalue weighted by Gasteiger charge is -2.18. The molecule has 1 atom stereocenters. The highest BCUT2D eigenvalue weighted by molar-refractivity contribution is 7.89. The molecular formula is C22H20F3N3O2S. The van der Waals surface area contributed by atoms with E-state index >= 15 is 0 Å². The molecule has 0 aliphatic carbocycles. The number of pyridine rings is 1. The fraction of sp³-hybridized carbons (Fsp3) is 0.227. The number of nitrogens with one attached hydrogen (secondary N) is 1. The summed E-state index contributed by atoms with van der Waals surface area (Å²) in [5.41, 5.74) is 0.128. The molecule has 1 aromatic heterocycles. The molecule has 0 saturated carbocycles. The normalized spacial score (nSPS) is 17.1. The molecule has 31 heavy (non-hydrogen) atoms. The van der Waals surface area contributed by atoms with Crippen LogP contribution in [0.25, 0.3) is 11.1 Å². The van der Waals surface area contributed by atoms with Gasteiger partial charge in [0.1, 0.15) is 5.82 Å². The van der Waals surface area contributed by atoms with Crippen LogP contribution >= 0.6 is 0 Å². The minimum Gasteiger partial charge on any atom is -0.355 e. The zero-order valence-corrected chi connectivity index (χ0v) is 17.2. The van der Waals surface area contributed by atoms with Crippen LogP contribution in [0.1, 0.15) is 12.0 Å². The number of aromatic nitrogens is 1. The van der Waals surface area contributed by atoms with Crippen LogP contribution in [0.3, 0.4) is 0 Å². The van der Waals surface area contributed by atoms with Crippen molar-refractivity contribution in [1.29, 1.82) is 0 Å². The molecule has 9 heteroatoms. The molecule has 1 N–H and O–H groups in total. The number of anilines is 1. The van der Waals surface area contributed by atoms with E-state index in [9.17, 15) is 21.6 Å². The Morgan fingerprint density at radius 2 is 1.74 bits per heavy atom. The van der Waals surface area contributed by atoms with Gasteiger partial charge in [0.25, 0.3) is 0 Å². The van der Waals surface area contributed by atoms with E-state index in [1.54, 1.807) is 12.3 Å². The molecule has 2 heterocycles. The summed E-state index contributed by atoms with van der Waals surface area (Å²) in [6, 6.07) is 16.1. The van der Waals surface area contributed by atoms with Crippen molar-refractivity contribution in [2.75, 3.05) is 18.0 Å². The molecule has 0 spiro atoms. The number of sulfonamides is 1. The van der Waals surface area contributed by atoms with Gasteiger partial charge in [0.2, 0.25) is 10.0 Å². The average Bonchev–Trinajstić information content (AvgIpc) is 3.22. The van der Waals surface area contributed by atoms with Gasteiger partial charge < -0.3 is 4.90 Å². The van der Waals surface area contributed by atoms with Crippen molar-refractivity contribution in [3.8, 4) is 11.1 Å². The first-order chi connectivity index (χ1) is 14.7. The van der Waals surface area contributed by atoms with E-state index in [0.29, 0.717) is 30.6 Å². The predicted octanol–water partition coefficient (Wildman–Crippen LogP) is 4.32. The molecule has 0 radical (unpaired) electrons. The quantitative estimate of drug-likeness (QED) is 0.633. The van der Waals surface area contributed by atoms with Crippen LogP contribution in [0.5, 0.6) is 0 Å². The molecule has 0 amide bonds. The number of benzene rings is 2. The van der Waals surface area contributed by atoms with Gasteiger partial charge in [0, 0.05) is 25.3 Å². The zero-order valence-electron chi connectivity index (χ0n) is 16.4. The molecule has 0 unspecified atom stereocenters.